The molecule has 1 aliphatic rings. The second kappa shape index (κ2) is 5.39. The van der Waals surface area contributed by atoms with Crippen molar-refractivity contribution in [1.29, 1.82) is 0 Å². The van der Waals surface area contributed by atoms with E-state index in [0.29, 0.717) is 23.4 Å². The molecule has 0 bridgehead atoms. The summed E-state index contributed by atoms with van der Waals surface area (Å²) in [6.07, 6.45) is 0.388. The number of rotatable bonds is 3. The standard InChI is InChI=1S/C15H15ClF2N2O/c1-7-5-19-6-9(7)4-12(21)11-3-8-2-10(16)13(17)14(18)15(8)20-11/h2-3,7,9,19-20H,4-6H2,1H3/t7-,9-/m0/s1. The van der Waals surface area contributed by atoms with E-state index in [1.54, 1.807) is 0 Å². The molecule has 1 fully saturated rings. The first kappa shape index (κ1) is 14.5. The van der Waals surface area contributed by atoms with Crippen LogP contribution in [0.15, 0.2) is 12.1 Å². The fraction of sp³-hybridized carbons (Fsp3) is 0.400. The van der Waals surface area contributed by atoms with Gasteiger partial charge in [0.15, 0.2) is 17.4 Å². The van der Waals surface area contributed by atoms with Crippen molar-refractivity contribution in [2.75, 3.05) is 13.1 Å². The summed E-state index contributed by atoms with van der Waals surface area (Å²) in [5, 5.41) is 3.36. The molecule has 0 amide bonds. The fourth-order valence-corrected chi connectivity index (χ4v) is 3.02. The van der Waals surface area contributed by atoms with E-state index in [2.05, 4.69) is 17.2 Å². The summed E-state index contributed by atoms with van der Waals surface area (Å²) in [7, 11) is 0. The first-order valence-electron chi connectivity index (χ1n) is 6.87. The Bertz CT molecular complexity index is 713. The van der Waals surface area contributed by atoms with Crippen LogP contribution < -0.4 is 5.32 Å². The number of ketones is 1. The van der Waals surface area contributed by atoms with E-state index in [1.165, 1.54) is 12.1 Å². The molecule has 3 rings (SSSR count). The van der Waals surface area contributed by atoms with Crippen molar-refractivity contribution in [2.45, 2.75) is 13.3 Å². The highest BCUT2D eigenvalue weighted by atomic mass is 35.5. The third kappa shape index (κ3) is 2.56. The molecule has 6 heteroatoms. The lowest BCUT2D eigenvalue weighted by Crippen LogP contribution is -2.15. The number of hydrogen-bond acceptors (Lipinski definition) is 2. The second-order valence-electron chi connectivity index (χ2n) is 5.66. The van der Waals surface area contributed by atoms with Gasteiger partial charge in [-0.25, -0.2) is 8.78 Å². The number of carbonyl (C=O) groups excluding carboxylic acids is 1. The number of carbonyl (C=O) groups is 1. The lowest BCUT2D eigenvalue weighted by Gasteiger charge is -2.11. The summed E-state index contributed by atoms with van der Waals surface area (Å²) in [4.78, 5) is 15.0. The van der Waals surface area contributed by atoms with Crippen LogP contribution in [0.25, 0.3) is 10.9 Å². The van der Waals surface area contributed by atoms with Crippen molar-refractivity contribution < 1.29 is 13.6 Å². The molecule has 1 aromatic heterocycles. The Kier molecular flexibility index (Phi) is 3.71. The summed E-state index contributed by atoms with van der Waals surface area (Å²) < 4.78 is 27.2. The van der Waals surface area contributed by atoms with E-state index in [0.717, 1.165) is 13.1 Å². The van der Waals surface area contributed by atoms with Gasteiger partial charge in [0.05, 0.1) is 16.2 Å². The van der Waals surface area contributed by atoms with Crippen LogP contribution in [0.1, 0.15) is 23.8 Å². The molecule has 2 atom stereocenters. The zero-order valence-electron chi connectivity index (χ0n) is 11.5. The Morgan fingerprint density at radius 1 is 1.33 bits per heavy atom. The SMILES string of the molecule is C[C@H]1CNC[C@@H]1CC(=O)c1cc2cc(Cl)c(F)c(F)c2[nH]1. The molecular weight excluding hydrogens is 298 g/mol. The lowest BCUT2D eigenvalue weighted by molar-refractivity contribution is 0.0952. The number of Topliss-reactive ketones (excluding diaryl/α,β-unsaturated/α-hetero) is 1. The number of H-pyrrole nitrogens is 1. The predicted molar refractivity (Wildman–Crippen MR) is 77.7 cm³/mol. The van der Waals surface area contributed by atoms with Gasteiger partial charge in [0.1, 0.15) is 0 Å². The molecule has 1 aromatic carbocycles. The van der Waals surface area contributed by atoms with Crippen molar-refractivity contribution in [3.8, 4) is 0 Å². The molecule has 2 aromatic rings. The van der Waals surface area contributed by atoms with Crippen LogP contribution in [-0.2, 0) is 0 Å². The van der Waals surface area contributed by atoms with Gasteiger partial charge in [-0.15, -0.1) is 0 Å². The maximum Gasteiger partial charge on any atom is 0.184 e. The van der Waals surface area contributed by atoms with Gasteiger partial charge >= 0.3 is 0 Å². The van der Waals surface area contributed by atoms with Gasteiger partial charge in [-0.3, -0.25) is 4.79 Å². The van der Waals surface area contributed by atoms with Gasteiger partial charge in [-0.1, -0.05) is 18.5 Å². The molecule has 0 unspecified atom stereocenters. The zero-order valence-corrected chi connectivity index (χ0v) is 12.2. The van der Waals surface area contributed by atoms with Crippen LogP contribution in [0.5, 0.6) is 0 Å². The van der Waals surface area contributed by atoms with Crippen LogP contribution in [0.2, 0.25) is 5.02 Å². The third-order valence-corrected chi connectivity index (χ3v) is 4.45. The molecule has 0 saturated carbocycles. The summed E-state index contributed by atoms with van der Waals surface area (Å²) in [6, 6.07) is 2.85. The van der Waals surface area contributed by atoms with Gasteiger partial charge < -0.3 is 10.3 Å². The van der Waals surface area contributed by atoms with Crippen LogP contribution in [0.4, 0.5) is 8.78 Å². The number of nitrogens with one attached hydrogen (secondary N) is 2. The highest BCUT2D eigenvalue weighted by Crippen LogP contribution is 2.28. The maximum atomic E-state index is 13.8. The Labute approximate surface area is 125 Å². The highest BCUT2D eigenvalue weighted by molar-refractivity contribution is 6.31. The Hall–Kier alpha value is -1.46. The summed E-state index contributed by atoms with van der Waals surface area (Å²) in [5.41, 5.74) is 0.280. The fourth-order valence-electron chi connectivity index (χ4n) is 2.82. The lowest BCUT2D eigenvalue weighted by atomic mass is 9.92. The normalized spacial score (nSPS) is 22.1. The van der Waals surface area contributed by atoms with E-state index in [1.807, 2.05) is 0 Å². The molecular formula is C15H15ClF2N2O. The average molecular weight is 313 g/mol. The van der Waals surface area contributed by atoms with Crippen molar-refractivity contribution in [3.05, 3.63) is 34.5 Å². The van der Waals surface area contributed by atoms with Gasteiger partial charge in [0, 0.05) is 11.8 Å². The monoisotopic (exact) mass is 312 g/mol. The largest absolute Gasteiger partial charge is 0.350 e. The summed E-state index contributed by atoms with van der Waals surface area (Å²) >= 11 is 5.62. The number of hydrogen-bond donors (Lipinski definition) is 2. The molecule has 21 heavy (non-hydrogen) atoms. The van der Waals surface area contributed by atoms with E-state index in [-0.39, 0.29) is 22.2 Å². The number of fused-ring (bicyclic) bond motifs is 1. The van der Waals surface area contributed by atoms with Crippen LogP contribution in [0, 0.1) is 23.5 Å². The molecule has 0 spiro atoms. The Morgan fingerprint density at radius 2 is 2.10 bits per heavy atom. The van der Waals surface area contributed by atoms with Gasteiger partial charge in [-0.2, -0.15) is 0 Å². The Balaban J connectivity index is 1.90. The molecule has 112 valence electrons. The maximum absolute atomic E-state index is 13.8. The van der Waals surface area contributed by atoms with Crippen LogP contribution in [-0.4, -0.2) is 23.9 Å². The molecule has 0 aliphatic carbocycles. The van der Waals surface area contributed by atoms with Crippen molar-refractivity contribution >= 4 is 28.3 Å². The molecule has 3 nitrogen and oxygen atoms in total. The number of benzene rings is 1. The minimum Gasteiger partial charge on any atom is -0.350 e. The second-order valence-corrected chi connectivity index (χ2v) is 6.06. The molecule has 2 heterocycles. The minimum atomic E-state index is -1.10. The number of aromatic nitrogens is 1. The molecule has 1 aliphatic heterocycles. The minimum absolute atomic E-state index is 0.0159. The molecule has 0 radical (unpaired) electrons. The highest BCUT2D eigenvalue weighted by Gasteiger charge is 2.26. The Morgan fingerprint density at radius 3 is 2.76 bits per heavy atom. The number of halogens is 3. The van der Waals surface area contributed by atoms with Crippen LogP contribution in [0.3, 0.4) is 0 Å². The molecule has 2 N–H and O–H groups in total. The topological polar surface area (TPSA) is 44.9 Å². The predicted octanol–water partition coefficient (Wildman–Crippen LogP) is 3.53. The van der Waals surface area contributed by atoms with E-state index in [9.17, 15) is 13.6 Å². The summed E-state index contributed by atoms with van der Waals surface area (Å²) in [5.74, 6) is -1.54. The zero-order chi connectivity index (χ0) is 15.1. The third-order valence-electron chi connectivity index (χ3n) is 4.18. The first-order valence-corrected chi connectivity index (χ1v) is 7.25. The average Bonchev–Trinajstić information content (AvgIpc) is 3.03. The van der Waals surface area contributed by atoms with Gasteiger partial charge in [0.25, 0.3) is 0 Å². The quantitative estimate of drug-likeness (QED) is 0.673. The smallest absolute Gasteiger partial charge is 0.184 e. The van der Waals surface area contributed by atoms with Crippen molar-refractivity contribution in [3.63, 3.8) is 0 Å². The van der Waals surface area contributed by atoms with E-state index >= 15 is 0 Å². The summed E-state index contributed by atoms with van der Waals surface area (Å²) in [6.45, 7) is 3.81. The molecule has 1 saturated heterocycles. The number of aromatic amines is 1. The van der Waals surface area contributed by atoms with E-state index < -0.39 is 11.6 Å². The van der Waals surface area contributed by atoms with E-state index in [4.69, 9.17) is 11.6 Å². The van der Waals surface area contributed by atoms with Gasteiger partial charge in [0.2, 0.25) is 0 Å². The van der Waals surface area contributed by atoms with Crippen molar-refractivity contribution in [2.24, 2.45) is 11.8 Å². The van der Waals surface area contributed by atoms with Crippen LogP contribution >= 0.6 is 11.6 Å². The van der Waals surface area contributed by atoms with Crippen molar-refractivity contribution in [1.82, 2.24) is 10.3 Å². The first-order chi connectivity index (χ1) is 9.97. The van der Waals surface area contributed by atoms with Gasteiger partial charge in [-0.05, 0) is 37.1 Å².